The fourth-order valence-electron chi connectivity index (χ4n) is 2.92. The molecule has 0 saturated carbocycles. The molecular formula is C17H18N4O3. The molecule has 0 bridgehead atoms. The van der Waals surface area contributed by atoms with Crippen molar-refractivity contribution in [1.82, 2.24) is 14.9 Å². The molecule has 1 aromatic heterocycles. The Morgan fingerprint density at radius 3 is 2.42 bits per heavy atom. The van der Waals surface area contributed by atoms with E-state index < -0.39 is 0 Å². The SMILES string of the molecule is O=C(c1ccc2c(c1)OCCO2)N1CCN(c2ncccn2)CC1. The number of aromatic nitrogens is 2. The molecular weight excluding hydrogens is 308 g/mol. The van der Waals surface area contributed by atoms with Crippen molar-refractivity contribution in [1.29, 1.82) is 0 Å². The summed E-state index contributed by atoms with van der Waals surface area (Å²) in [5.41, 5.74) is 0.628. The average molecular weight is 326 g/mol. The van der Waals surface area contributed by atoms with Crippen molar-refractivity contribution in [3.63, 3.8) is 0 Å². The third-order valence-electron chi connectivity index (χ3n) is 4.19. The Hall–Kier alpha value is -2.83. The van der Waals surface area contributed by atoms with Crippen molar-refractivity contribution in [2.24, 2.45) is 0 Å². The number of carbonyl (C=O) groups excluding carboxylic acids is 1. The number of amides is 1. The molecule has 0 spiro atoms. The van der Waals surface area contributed by atoms with Gasteiger partial charge in [-0.25, -0.2) is 9.97 Å². The van der Waals surface area contributed by atoms with Crippen LogP contribution < -0.4 is 14.4 Å². The van der Waals surface area contributed by atoms with Crippen molar-refractivity contribution in [3.05, 3.63) is 42.2 Å². The molecule has 0 radical (unpaired) electrons. The van der Waals surface area contributed by atoms with E-state index in [1.807, 2.05) is 4.90 Å². The third kappa shape index (κ3) is 2.84. The van der Waals surface area contributed by atoms with Gasteiger partial charge in [-0.3, -0.25) is 4.79 Å². The summed E-state index contributed by atoms with van der Waals surface area (Å²) in [5, 5.41) is 0. The van der Waals surface area contributed by atoms with Crippen LogP contribution in [0.1, 0.15) is 10.4 Å². The second kappa shape index (κ2) is 6.35. The topological polar surface area (TPSA) is 67.8 Å². The molecule has 1 aromatic carbocycles. The molecule has 0 atom stereocenters. The van der Waals surface area contributed by atoms with Gasteiger partial charge in [0.1, 0.15) is 13.2 Å². The smallest absolute Gasteiger partial charge is 0.254 e. The maximum Gasteiger partial charge on any atom is 0.254 e. The Morgan fingerprint density at radius 2 is 1.67 bits per heavy atom. The monoisotopic (exact) mass is 326 g/mol. The predicted octanol–water partition coefficient (Wildman–Crippen LogP) is 1.21. The summed E-state index contributed by atoms with van der Waals surface area (Å²) in [6, 6.07) is 7.16. The first-order valence-corrected chi connectivity index (χ1v) is 8.02. The van der Waals surface area contributed by atoms with E-state index >= 15 is 0 Å². The minimum atomic E-state index is 0.0144. The maximum atomic E-state index is 12.7. The average Bonchev–Trinajstić information content (AvgIpc) is 2.68. The number of carbonyl (C=O) groups is 1. The molecule has 1 amide bonds. The fourth-order valence-corrected chi connectivity index (χ4v) is 2.92. The Labute approximate surface area is 139 Å². The zero-order valence-corrected chi connectivity index (χ0v) is 13.2. The van der Waals surface area contributed by atoms with Gasteiger partial charge in [0.2, 0.25) is 5.95 Å². The van der Waals surface area contributed by atoms with E-state index in [0.29, 0.717) is 49.3 Å². The summed E-state index contributed by atoms with van der Waals surface area (Å²) >= 11 is 0. The molecule has 7 nitrogen and oxygen atoms in total. The lowest BCUT2D eigenvalue weighted by atomic mass is 10.1. The summed E-state index contributed by atoms with van der Waals surface area (Å²) < 4.78 is 11.1. The molecule has 0 N–H and O–H groups in total. The van der Waals surface area contributed by atoms with Gasteiger partial charge in [-0.2, -0.15) is 0 Å². The lowest BCUT2D eigenvalue weighted by Crippen LogP contribution is -2.49. The van der Waals surface area contributed by atoms with E-state index in [1.165, 1.54) is 0 Å². The highest BCUT2D eigenvalue weighted by Gasteiger charge is 2.24. The number of hydrogen-bond acceptors (Lipinski definition) is 6. The number of piperazine rings is 1. The van der Waals surface area contributed by atoms with Gasteiger partial charge in [0, 0.05) is 44.1 Å². The van der Waals surface area contributed by atoms with E-state index in [0.717, 1.165) is 13.1 Å². The van der Waals surface area contributed by atoms with Crippen molar-refractivity contribution in [2.45, 2.75) is 0 Å². The zero-order chi connectivity index (χ0) is 16.4. The summed E-state index contributed by atoms with van der Waals surface area (Å²) in [6.07, 6.45) is 3.46. The van der Waals surface area contributed by atoms with Crippen LogP contribution >= 0.6 is 0 Å². The van der Waals surface area contributed by atoms with Crippen LogP contribution in [0.15, 0.2) is 36.7 Å². The molecule has 4 rings (SSSR count). The predicted molar refractivity (Wildman–Crippen MR) is 87.6 cm³/mol. The Kier molecular flexibility index (Phi) is 3.90. The van der Waals surface area contributed by atoms with E-state index in [4.69, 9.17) is 9.47 Å². The Bertz CT molecular complexity index is 730. The van der Waals surface area contributed by atoms with E-state index in [1.54, 1.807) is 36.7 Å². The van der Waals surface area contributed by atoms with Crippen LogP contribution in [0.5, 0.6) is 11.5 Å². The van der Waals surface area contributed by atoms with Crippen LogP contribution in [-0.4, -0.2) is 60.2 Å². The first-order chi connectivity index (χ1) is 11.8. The summed E-state index contributed by atoms with van der Waals surface area (Å²) in [4.78, 5) is 25.2. The van der Waals surface area contributed by atoms with Gasteiger partial charge >= 0.3 is 0 Å². The first kappa shape index (κ1) is 14.7. The van der Waals surface area contributed by atoms with Crippen LogP contribution in [0.4, 0.5) is 5.95 Å². The van der Waals surface area contributed by atoms with Gasteiger partial charge < -0.3 is 19.3 Å². The van der Waals surface area contributed by atoms with Crippen LogP contribution in [0.3, 0.4) is 0 Å². The fraction of sp³-hybridized carbons (Fsp3) is 0.353. The van der Waals surface area contributed by atoms with Gasteiger partial charge in [-0.1, -0.05) is 0 Å². The van der Waals surface area contributed by atoms with Gasteiger partial charge in [0.05, 0.1) is 0 Å². The normalized spacial score (nSPS) is 16.8. The Balaban J connectivity index is 1.43. The van der Waals surface area contributed by atoms with Crippen LogP contribution in [-0.2, 0) is 0 Å². The number of nitrogens with zero attached hydrogens (tertiary/aromatic N) is 4. The van der Waals surface area contributed by atoms with Gasteiger partial charge in [0.15, 0.2) is 11.5 Å². The molecule has 3 heterocycles. The summed E-state index contributed by atoms with van der Waals surface area (Å²) in [6.45, 7) is 3.79. The number of ether oxygens (including phenoxy) is 2. The van der Waals surface area contributed by atoms with Gasteiger partial charge in [0.25, 0.3) is 5.91 Å². The summed E-state index contributed by atoms with van der Waals surface area (Å²) in [7, 11) is 0. The zero-order valence-electron chi connectivity index (χ0n) is 13.2. The van der Waals surface area contributed by atoms with Crippen LogP contribution in [0, 0.1) is 0 Å². The highest BCUT2D eigenvalue weighted by molar-refractivity contribution is 5.95. The molecule has 1 saturated heterocycles. The minimum absolute atomic E-state index is 0.0144. The van der Waals surface area contributed by atoms with E-state index in [-0.39, 0.29) is 5.91 Å². The standard InChI is InChI=1S/C17H18N4O3/c22-16(13-2-3-14-15(12-13)24-11-10-23-14)20-6-8-21(9-7-20)17-18-4-1-5-19-17/h1-5,12H,6-11H2. The van der Waals surface area contributed by atoms with E-state index in [2.05, 4.69) is 14.9 Å². The van der Waals surface area contributed by atoms with Gasteiger partial charge in [-0.15, -0.1) is 0 Å². The highest BCUT2D eigenvalue weighted by atomic mass is 16.6. The molecule has 2 aliphatic rings. The molecule has 124 valence electrons. The quantitative estimate of drug-likeness (QED) is 0.826. The van der Waals surface area contributed by atoms with Crippen molar-refractivity contribution < 1.29 is 14.3 Å². The minimum Gasteiger partial charge on any atom is -0.486 e. The number of rotatable bonds is 2. The Morgan fingerprint density at radius 1 is 0.958 bits per heavy atom. The van der Waals surface area contributed by atoms with Crippen LogP contribution in [0.2, 0.25) is 0 Å². The third-order valence-corrected chi connectivity index (χ3v) is 4.19. The molecule has 0 aliphatic carbocycles. The highest BCUT2D eigenvalue weighted by Crippen LogP contribution is 2.31. The van der Waals surface area contributed by atoms with Crippen molar-refractivity contribution >= 4 is 11.9 Å². The number of hydrogen-bond donors (Lipinski definition) is 0. The number of benzene rings is 1. The second-order valence-electron chi connectivity index (χ2n) is 5.69. The summed E-state index contributed by atoms with van der Waals surface area (Å²) in [5.74, 6) is 2.07. The molecule has 1 fully saturated rings. The lowest BCUT2D eigenvalue weighted by molar-refractivity contribution is 0.0745. The second-order valence-corrected chi connectivity index (χ2v) is 5.69. The number of anilines is 1. The molecule has 2 aromatic rings. The lowest BCUT2D eigenvalue weighted by Gasteiger charge is -2.34. The number of fused-ring (bicyclic) bond motifs is 1. The molecule has 24 heavy (non-hydrogen) atoms. The van der Waals surface area contributed by atoms with Gasteiger partial charge in [-0.05, 0) is 24.3 Å². The van der Waals surface area contributed by atoms with Crippen LogP contribution in [0.25, 0.3) is 0 Å². The van der Waals surface area contributed by atoms with Crippen molar-refractivity contribution in [3.8, 4) is 11.5 Å². The van der Waals surface area contributed by atoms with Crippen molar-refractivity contribution in [2.75, 3.05) is 44.3 Å². The molecule has 7 heteroatoms. The van der Waals surface area contributed by atoms with E-state index in [9.17, 15) is 4.79 Å². The largest absolute Gasteiger partial charge is 0.486 e. The molecule has 2 aliphatic heterocycles. The maximum absolute atomic E-state index is 12.7. The molecule has 0 unspecified atom stereocenters. The first-order valence-electron chi connectivity index (χ1n) is 8.02.